The molecule has 378 valence electrons. The first-order chi connectivity index (χ1) is 40.2. The molecular weight excluding hydrogens is 973 g/mol. The van der Waals surface area contributed by atoms with Gasteiger partial charge in [-0.2, -0.15) is 0 Å². The normalized spacial score (nSPS) is 14.2. The van der Waals surface area contributed by atoms with Crippen LogP contribution in [0.1, 0.15) is 66.8 Å². The van der Waals surface area contributed by atoms with E-state index < -0.39 is 16.2 Å². The molecule has 0 heteroatoms. The predicted octanol–water partition coefficient (Wildman–Crippen LogP) is 19.8. The Kier molecular flexibility index (Phi) is 10.7. The fourth-order valence-corrected chi connectivity index (χ4v) is 15.0. The van der Waals surface area contributed by atoms with Crippen LogP contribution in [0, 0.1) is 0 Å². The molecular formula is C81H54. The number of benzene rings is 13. The molecule has 0 amide bonds. The summed E-state index contributed by atoms with van der Waals surface area (Å²) in [4.78, 5) is 0. The van der Waals surface area contributed by atoms with Gasteiger partial charge in [0.2, 0.25) is 0 Å². The molecule has 0 unspecified atom stereocenters. The van der Waals surface area contributed by atoms with E-state index in [0.717, 1.165) is 0 Å². The smallest absolute Gasteiger partial charge is 0.0622 e. The Hall–Kier alpha value is -10.1. The average Bonchev–Trinajstić information content (AvgIpc) is 3.43. The van der Waals surface area contributed by atoms with Gasteiger partial charge in [0.05, 0.1) is 16.2 Å². The monoisotopic (exact) mass is 1030 g/mol. The minimum Gasteiger partial charge on any atom is -0.0622 e. The van der Waals surface area contributed by atoms with Gasteiger partial charge in [-0.3, -0.25) is 0 Å². The summed E-state index contributed by atoms with van der Waals surface area (Å²) < 4.78 is 0. The first-order valence-corrected chi connectivity index (χ1v) is 28.4. The summed E-state index contributed by atoms with van der Waals surface area (Å²) >= 11 is 0. The van der Waals surface area contributed by atoms with E-state index in [1.807, 2.05) is 0 Å². The molecule has 0 N–H and O–H groups in total. The number of fused-ring (bicyclic) bond motifs is 9. The summed E-state index contributed by atoms with van der Waals surface area (Å²) in [6, 6.07) is 123. The van der Waals surface area contributed by atoms with Gasteiger partial charge < -0.3 is 0 Å². The SMILES string of the molecule is c1ccc(C2(c3ccccc3)c3ccccc3-c3ccc(-c4cc(-c5ccc6c(c5)C(c5ccccc5)(c5ccccc5)c5ccccc5-6)cc(-c5ccc6c(c5)C(c5ccccc5)(c5ccccc5)c5ccccc5-6)c4)cc32)cc1. The van der Waals surface area contributed by atoms with Gasteiger partial charge in [-0.1, -0.05) is 291 Å². The maximum atomic E-state index is 2.52. The van der Waals surface area contributed by atoms with Crippen molar-refractivity contribution < 1.29 is 0 Å². The van der Waals surface area contributed by atoms with Crippen molar-refractivity contribution >= 4 is 0 Å². The van der Waals surface area contributed by atoms with Crippen LogP contribution in [0.15, 0.2) is 328 Å². The molecule has 13 aromatic rings. The zero-order valence-electron chi connectivity index (χ0n) is 44.7. The van der Waals surface area contributed by atoms with Gasteiger partial charge in [-0.15, -0.1) is 0 Å². The predicted molar refractivity (Wildman–Crippen MR) is 335 cm³/mol. The zero-order valence-corrected chi connectivity index (χ0v) is 44.7. The minimum atomic E-state index is -0.536. The van der Waals surface area contributed by atoms with Gasteiger partial charge in [-0.25, -0.2) is 0 Å². The lowest BCUT2D eigenvalue weighted by Gasteiger charge is -2.34. The van der Waals surface area contributed by atoms with Gasteiger partial charge in [0.25, 0.3) is 0 Å². The summed E-state index contributed by atoms with van der Waals surface area (Å²) in [5.41, 5.74) is 28.4. The number of rotatable bonds is 9. The van der Waals surface area contributed by atoms with Gasteiger partial charge >= 0.3 is 0 Å². The van der Waals surface area contributed by atoms with Gasteiger partial charge in [0.15, 0.2) is 0 Å². The largest absolute Gasteiger partial charge is 0.0713 e. The van der Waals surface area contributed by atoms with Gasteiger partial charge in [0.1, 0.15) is 0 Å². The maximum absolute atomic E-state index is 2.52. The van der Waals surface area contributed by atoms with E-state index in [2.05, 4.69) is 328 Å². The molecule has 13 aromatic carbocycles. The third-order valence-corrected chi connectivity index (χ3v) is 18.3. The Morgan fingerprint density at radius 1 is 0.136 bits per heavy atom. The van der Waals surface area contributed by atoms with Crippen LogP contribution in [0.4, 0.5) is 0 Å². The quantitative estimate of drug-likeness (QED) is 0.135. The molecule has 3 aliphatic carbocycles. The van der Waals surface area contributed by atoms with E-state index in [1.54, 1.807) is 0 Å². The van der Waals surface area contributed by atoms with Crippen molar-refractivity contribution in [1.82, 2.24) is 0 Å². The lowest BCUT2D eigenvalue weighted by atomic mass is 9.67. The Morgan fingerprint density at radius 2 is 0.333 bits per heavy atom. The second-order valence-corrected chi connectivity index (χ2v) is 22.2. The molecule has 0 heterocycles. The highest BCUT2D eigenvalue weighted by atomic mass is 14.5. The third-order valence-electron chi connectivity index (χ3n) is 18.3. The third kappa shape index (κ3) is 6.78. The van der Waals surface area contributed by atoms with Crippen LogP contribution in [0.5, 0.6) is 0 Å². The molecule has 3 aliphatic rings. The number of hydrogen-bond donors (Lipinski definition) is 0. The van der Waals surface area contributed by atoms with E-state index in [-0.39, 0.29) is 0 Å². The molecule has 0 fully saturated rings. The highest BCUT2D eigenvalue weighted by Crippen LogP contribution is 2.60. The van der Waals surface area contributed by atoms with Crippen LogP contribution in [0.25, 0.3) is 66.8 Å². The van der Waals surface area contributed by atoms with Crippen LogP contribution in [-0.2, 0) is 16.2 Å². The molecule has 0 spiro atoms. The van der Waals surface area contributed by atoms with Crippen molar-refractivity contribution in [1.29, 1.82) is 0 Å². The van der Waals surface area contributed by atoms with E-state index in [9.17, 15) is 0 Å². The van der Waals surface area contributed by atoms with Crippen molar-refractivity contribution in [2.24, 2.45) is 0 Å². The summed E-state index contributed by atoms with van der Waals surface area (Å²) in [5, 5.41) is 0. The molecule has 0 aromatic heterocycles. The van der Waals surface area contributed by atoms with Gasteiger partial charge in [0, 0.05) is 0 Å². The Morgan fingerprint density at radius 3 is 0.568 bits per heavy atom. The highest BCUT2D eigenvalue weighted by Gasteiger charge is 2.49. The first kappa shape index (κ1) is 46.9. The molecule has 81 heavy (non-hydrogen) atoms. The second kappa shape index (κ2) is 18.5. The van der Waals surface area contributed by atoms with Crippen molar-refractivity contribution in [3.8, 4) is 66.8 Å². The minimum absolute atomic E-state index is 0.536. The summed E-state index contributed by atoms with van der Waals surface area (Å²) in [6.07, 6.45) is 0. The standard InChI is InChI=1S/C81H54/c1-7-25-61(26-8-1)79(62-27-9-2-10-28-62)73-40-22-19-37-67(73)70-46-43-55(52-76(70)79)58-49-59(56-44-47-71-68-38-20-23-41-74(68)80(77(71)53-56,63-29-11-3-12-30-63)64-31-13-4-14-32-64)51-60(50-58)57-45-48-72-69-39-21-24-42-75(69)81(78(72)54-57,65-33-15-5-16-34-65)66-35-17-6-18-36-66/h1-54H. The van der Waals surface area contributed by atoms with Crippen molar-refractivity contribution in [3.63, 3.8) is 0 Å². The van der Waals surface area contributed by atoms with Gasteiger partial charge in [-0.05, 0) is 170 Å². The van der Waals surface area contributed by atoms with E-state index in [1.165, 1.54) is 134 Å². The number of hydrogen-bond acceptors (Lipinski definition) is 0. The summed E-state index contributed by atoms with van der Waals surface area (Å²) in [5.74, 6) is 0. The molecule has 0 radical (unpaired) electrons. The maximum Gasteiger partial charge on any atom is 0.0713 e. The first-order valence-electron chi connectivity index (χ1n) is 28.4. The summed E-state index contributed by atoms with van der Waals surface area (Å²) in [6.45, 7) is 0. The summed E-state index contributed by atoms with van der Waals surface area (Å²) in [7, 11) is 0. The Labute approximate surface area is 474 Å². The van der Waals surface area contributed by atoms with Crippen molar-refractivity contribution in [2.75, 3.05) is 0 Å². The molecule has 16 rings (SSSR count). The van der Waals surface area contributed by atoms with Crippen LogP contribution in [0.3, 0.4) is 0 Å². The van der Waals surface area contributed by atoms with Crippen molar-refractivity contribution in [3.05, 3.63) is 394 Å². The van der Waals surface area contributed by atoms with Crippen LogP contribution < -0.4 is 0 Å². The van der Waals surface area contributed by atoms with Crippen molar-refractivity contribution in [2.45, 2.75) is 16.2 Å². The lowest BCUT2D eigenvalue weighted by molar-refractivity contribution is 0.768. The van der Waals surface area contributed by atoms with E-state index >= 15 is 0 Å². The fourth-order valence-electron chi connectivity index (χ4n) is 15.0. The lowest BCUT2D eigenvalue weighted by Crippen LogP contribution is -2.28. The molecule has 0 bridgehead atoms. The molecule has 0 atom stereocenters. The van der Waals surface area contributed by atoms with Crippen LogP contribution in [0.2, 0.25) is 0 Å². The van der Waals surface area contributed by atoms with E-state index in [4.69, 9.17) is 0 Å². The van der Waals surface area contributed by atoms with E-state index in [0.29, 0.717) is 0 Å². The highest BCUT2D eigenvalue weighted by molar-refractivity contribution is 5.94. The molecule has 0 saturated heterocycles. The Balaban J connectivity index is 0.962. The fraction of sp³-hybridized carbons (Fsp3) is 0.0370. The topological polar surface area (TPSA) is 0 Å². The molecule has 0 saturated carbocycles. The zero-order chi connectivity index (χ0) is 53.5. The van der Waals surface area contributed by atoms with Crippen LogP contribution in [-0.4, -0.2) is 0 Å². The molecule has 0 nitrogen and oxygen atoms in total. The Bertz CT molecular complexity index is 3940. The molecule has 0 aliphatic heterocycles. The second-order valence-electron chi connectivity index (χ2n) is 22.2. The average molecular weight is 1030 g/mol. The van der Waals surface area contributed by atoms with Crippen LogP contribution >= 0.6 is 0 Å².